The normalized spacial score (nSPS) is 15.1. The Kier molecular flexibility index (Phi) is 3.64. The summed E-state index contributed by atoms with van der Waals surface area (Å²) < 4.78 is 14.3. The van der Waals surface area contributed by atoms with Gasteiger partial charge in [-0.2, -0.15) is 0 Å². The molecule has 0 saturated heterocycles. The highest BCUT2D eigenvalue weighted by molar-refractivity contribution is 5.27. The van der Waals surface area contributed by atoms with Gasteiger partial charge >= 0.3 is 0 Å². The number of nitrogens with two attached hydrogens (primary N) is 1. The Labute approximate surface area is 85.1 Å². The van der Waals surface area contributed by atoms with E-state index in [0.717, 1.165) is 12.0 Å². The summed E-state index contributed by atoms with van der Waals surface area (Å²) in [6.07, 6.45) is 1.30. The number of benzene rings is 1. The van der Waals surface area contributed by atoms with Crippen molar-refractivity contribution in [3.63, 3.8) is 0 Å². The van der Waals surface area contributed by atoms with Crippen LogP contribution in [-0.4, -0.2) is 6.54 Å². The van der Waals surface area contributed by atoms with Crippen molar-refractivity contribution >= 4 is 0 Å². The molecule has 1 unspecified atom stereocenters. The van der Waals surface area contributed by atoms with Gasteiger partial charge in [-0.05, 0) is 18.9 Å². The lowest BCUT2D eigenvalue weighted by atomic mass is 9.90. The summed E-state index contributed by atoms with van der Waals surface area (Å²) in [6, 6.07) is 7.54. The van der Waals surface area contributed by atoms with Gasteiger partial charge in [-0.1, -0.05) is 43.2 Å². The number of alkyl halides is 1. The quantitative estimate of drug-likeness (QED) is 0.785. The Bertz CT molecular complexity index is 298. The summed E-state index contributed by atoms with van der Waals surface area (Å²) in [6.45, 7) is 4.00. The van der Waals surface area contributed by atoms with Crippen LogP contribution in [0.2, 0.25) is 0 Å². The maximum Gasteiger partial charge on any atom is 0.148 e. The van der Waals surface area contributed by atoms with Crippen LogP contribution in [0.3, 0.4) is 0 Å². The van der Waals surface area contributed by atoms with Crippen molar-refractivity contribution in [1.82, 2.24) is 0 Å². The second-order valence-corrected chi connectivity index (χ2v) is 3.79. The summed E-state index contributed by atoms with van der Waals surface area (Å²) in [4.78, 5) is 0. The van der Waals surface area contributed by atoms with Crippen molar-refractivity contribution in [1.29, 1.82) is 0 Å². The number of halogens is 1. The minimum Gasteiger partial charge on any atom is -0.327 e. The van der Waals surface area contributed by atoms with Crippen LogP contribution < -0.4 is 5.73 Å². The largest absolute Gasteiger partial charge is 0.327 e. The average molecular weight is 195 g/mol. The average Bonchev–Trinajstić information content (AvgIpc) is 2.18. The van der Waals surface area contributed by atoms with Crippen LogP contribution in [0.15, 0.2) is 24.3 Å². The lowest BCUT2D eigenvalue weighted by molar-refractivity contribution is 0.159. The molecule has 0 saturated carbocycles. The molecule has 0 aromatic heterocycles. The Morgan fingerprint density at radius 1 is 1.43 bits per heavy atom. The van der Waals surface area contributed by atoms with E-state index in [1.807, 2.05) is 38.1 Å². The van der Waals surface area contributed by atoms with Gasteiger partial charge in [0.25, 0.3) is 0 Å². The van der Waals surface area contributed by atoms with Crippen LogP contribution in [0.1, 0.15) is 30.9 Å². The Balaban J connectivity index is 2.99. The fourth-order valence-electron chi connectivity index (χ4n) is 1.68. The molecule has 0 spiro atoms. The topological polar surface area (TPSA) is 26.0 Å². The molecule has 0 aliphatic heterocycles. The highest BCUT2D eigenvalue weighted by Crippen LogP contribution is 2.30. The fraction of sp³-hybridized carbons (Fsp3) is 0.500. The molecule has 78 valence electrons. The van der Waals surface area contributed by atoms with Gasteiger partial charge in [-0.3, -0.25) is 0 Å². The molecule has 1 aromatic carbocycles. The molecule has 0 radical (unpaired) electrons. The molecule has 0 bridgehead atoms. The summed E-state index contributed by atoms with van der Waals surface area (Å²) in [5.41, 5.74) is 5.94. The van der Waals surface area contributed by atoms with Gasteiger partial charge in [0.2, 0.25) is 0 Å². The number of hydrogen-bond donors (Lipinski definition) is 1. The van der Waals surface area contributed by atoms with Gasteiger partial charge in [0.05, 0.1) is 0 Å². The molecular weight excluding hydrogens is 177 g/mol. The first-order chi connectivity index (χ1) is 6.62. The predicted octanol–water partition coefficient (Wildman–Crippen LogP) is 2.92. The molecule has 0 fully saturated rings. The van der Waals surface area contributed by atoms with Crippen molar-refractivity contribution in [2.24, 2.45) is 5.73 Å². The fourth-order valence-corrected chi connectivity index (χ4v) is 1.68. The monoisotopic (exact) mass is 195 g/mol. The van der Waals surface area contributed by atoms with Gasteiger partial charge in [0, 0.05) is 6.54 Å². The van der Waals surface area contributed by atoms with E-state index in [2.05, 4.69) is 0 Å². The van der Waals surface area contributed by atoms with Crippen LogP contribution in [0.4, 0.5) is 4.39 Å². The molecule has 0 heterocycles. The highest BCUT2D eigenvalue weighted by atomic mass is 19.1. The lowest BCUT2D eigenvalue weighted by Gasteiger charge is -2.23. The van der Waals surface area contributed by atoms with E-state index < -0.39 is 5.67 Å². The first kappa shape index (κ1) is 11.2. The van der Waals surface area contributed by atoms with E-state index in [0.29, 0.717) is 12.0 Å². The van der Waals surface area contributed by atoms with E-state index in [1.165, 1.54) is 0 Å². The summed E-state index contributed by atoms with van der Waals surface area (Å²) >= 11 is 0. The Morgan fingerprint density at radius 3 is 2.64 bits per heavy atom. The molecule has 1 rings (SSSR count). The third-order valence-electron chi connectivity index (χ3n) is 2.51. The lowest BCUT2D eigenvalue weighted by Crippen LogP contribution is -2.30. The number of hydrogen-bond acceptors (Lipinski definition) is 1. The van der Waals surface area contributed by atoms with E-state index in [4.69, 9.17) is 5.73 Å². The first-order valence-corrected chi connectivity index (χ1v) is 5.08. The van der Waals surface area contributed by atoms with Crippen molar-refractivity contribution in [3.8, 4) is 0 Å². The maximum absolute atomic E-state index is 14.3. The van der Waals surface area contributed by atoms with Crippen molar-refractivity contribution in [2.45, 2.75) is 32.4 Å². The molecule has 0 aliphatic carbocycles. The van der Waals surface area contributed by atoms with Crippen LogP contribution in [0, 0.1) is 6.92 Å². The maximum atomic E-state index is 14.3. The van der Waals surface area contributed by atoms with E-state index in [9.17, 15) is 4.39 Å². The van der Waals surface area contributed by atoms with E-state index >= 15 is 0 Å². The number of aryl methyl sites for hydroxylation is 1. The highest BCUT2D eigenvalue weighted by Gasteiger charge is 2.28. The molecule has 1 nitrogen and oxygen atoms in total. The third kappa shape index (κ3) is 2.32. The van der Waals surface area contributed by atoms with E-state index in [-0.39, 0.29) is 6.54 Å². The molecule has 1 atom stereocenters. The van der Waals surface area contributed by atoms with Gasteiger partial charge in [-0.15, -0.1) is 0 Å². The van der Waals surface area contributed by atoms with Gasteiger partial charge < -0.3 is 5.73 Å². The smallest absolute Gasteiger partial charge is 0.148 e. The minimum atomic E-state index is -1.35. The Hall–Kier alpha value is -0.890. The summed E-state index contributed by atoms with van der Waals surface area (Å²) in [7, 11) is 0. The molecular formula is C12H18FN. The molecule has 0 amide bonds. The minimum absolute atomic E-state index is 0.0598. The van der Waals surface area contributed by atoms with Crippen molar-refractivity contribution < 1.29 is 4.39 Å². The predicted molar refractivity (Wildman–Crippen MR) is 57.9 cm³/mol. The van der Waals surface area contributed by atoms with Crippen LogP contribution in [-0.2, 0) is 5.67 Å². The van der Waals surface area contributed by atoms with Crippen molar-refractivity contribution in [2.75, 3.05) is 6.54 Å². The number of rotatable bonds is 4. The molecule has 0 aliphatic rings. The summed E-state index contributed by atoms with van der Waals surface area (Å²) in [5, 5.41) is 0. The van der Waals surface area contributed by atoms with Gasteiger partial charge in [0.15, 0.2) is 0 Å². The Morgan fingerprint density at radius 2 is 2.14 bits per heavy atom. The van der Waals surface area contributed by atoms with Crippen molar-refractivity contribution in [3.05, 3.63) is 35.4 Å². The van der Waals surface area contributed by atoms with Crippen LogP contribution in [0.25, 0.3) is 0 Å². The van der Waals surface area contributed by atoms with Crippen LogP contribution >= 0.6 is 0 Å². The first-order valence-electron chi connectivity index (χ1n) is 5.08. The molecule has 2 N–H and O–H groups in total. The summed E-state index contributed by atoms with van der Waals surface area (Å²) in [5.74, 6) is 0. The second kappa shape index (κ2) is 4.56. The zero-order chi connectivity index (χ0) is 10.6. The van der Waals surface area contributed by atoms with E-state index in [1.54, 1.807) is 0 Å². The molecule has 14 heavy (non-hydrogen) atoms. The SMILES string of the molecule is CCCC(F)(CN)c1cccc(C)c1. The van der Waals surface area contributed by atoms with Gasteiger partial charge in [-0.25, -0.2) is 4.39 Å². The zero-order valence-corrected chi connectivity index (χ0v) is 8.89. The van der Waals surface area contributed by atoms with Gasteiger partial charge in [0.1, 0.15) is 5.67 Å². The zero-order valence-electron chi connectivity index (χ0n) is 8.89. The van der Waals surface area contributed by atoms with Crippen LogP contribution in [0.5, 0.6) is 0 Å². The third-order valence-corrected chi connectivity index (χ3v) is 2.51. The second-order valence-electron chi connectivity index (χ2n) is 3.79. The molecule has 2 heteroatoms. The standard InChI is InChI=1S/C12H18FN/c1-3-7-12(13,9-14)11-6-4-5-10(2)8-11/h4-6,8H,3,7,9,14H2,1-2H3. The molecule has 1 aromatic rings.